The number of aliphatic carboxylic acids is 1. The van der Waals surface area contributed by atoms with E-state index in [1.807, 2.05) is 13.8 Å². The van der Waals surface area contributed by atoms with Crippen LogP contribution in [0.1, 0.15) is 43.5 Å². The van der Waals surface area contributed by atoms with Gasteiger partial charge in [0, 0.05) is 30.3 Å². The van der Waals surface area contributed by atoms with Crippen molar-refractivity contribution in [3.05, 3.63) is 29.8 Å². The minimum atomic E-state index is -0.867. The molecule has 2 N–H and O–H groups in total. The Hall–Kier alpha value is -2.37. The maximum Gasteiger partial charge on any atom is 0.311 e. The van der Waals surface area contributed by atoms with E-state index in [0.717, 1.165) is 12.8 Å². The Balaban J connectivity index is 1.67. The van der Waals surface area contributed by atoms with Crippen LogP contribution in [0.3, 0.4) is 0 Å². The number of carboxylic acid groups (broad SMARTS) is 1. The fraction of sp³-hybridized carbons (Fsp3) is 0.526. The second kappa shape index (κ2) is 6.50. The van der Waals surface area contributed by atoms with Crippen LogP contribution < -0.4 is 5.32 Å². The van der Waals surface area contributed by atoms with Crippen molar-refractivity contribution in [3.63, 3.8) is 0 Å². The van der Waals surface area contributed by atoms with Crippen molar-refractivity contribution in [1.29, 1.82) is 0 Å². The number of hydrogen-bond donors (Lipinski definition) is 2. The minimum absolute atomic E-state index is 0.0294. The molecule has 1 saturated heterocycles. The fourth-order valence-electron chi connectivity index (χ4n) is 3.37. The molecular formula is C19H24N2O4. The van der Waals surface area contributed by atoms with Crippen LogP contribution in [0.15, 0.2) is 24.3 Å². The Morgan fingerprint density at radius 3 is 2.32 bits per heavy atom. The number of hydrogen-bond acceptors (Lipinski definition) is 3. The normalized spacial score (nSPS) is 22.9. The van der Waals surface area contributed by atoms with E-state index in [9.17, 15) is 19.5 Å². The number of anilines is 1. The molecular weight excluding hydrogens is 320 g/mol. The summed E-state index contributed by atoms with van der Waals surface area (Å²) in [6.45, 7) is 4.46. The molecule has 25 heavy (non-hydrogen) atoms. The molecule has 2 amide bonds. The zero-order valence-electron chi connectivity index (χ0n) is 14.6. The van der Waals surface area contributed by atoms with Crippen LogP contribution in [0.5, 0.6) is 0 Å². The van der Waals surface area contributed by atoms with Crippen LogP contribution in [0, 0.1) is 17.3 Å². The van der Waals surface area contributed by atoms with E-state index in [1.54, 1.807) is 29.2 Å². The van der Waals surface area contributed by atoms with Crippen molar-refractivity contribution in [2.24, 2.45) is 17.3 Å². The zero-order valence-corrected chi connectivity index (χ0v) is 14.6. The smallest absolute Gasteiger partial charge is 0.311 e. The highest BCUT2D eigenvalue weighted by Crippen LogP contribution is 2.38. The molecule has 0 spiro atoms. The van der Waals surface area contributed by atoms with Crippen LogP contribution in [-0.2, 0) is 9.59 Å². The Labute approximate surface area is 147 Å². The number of carboxylic acids is 1. The number of nitrogens with zero attached hydrogens (tertiary/aromatic N) is 1. The third kappa shape index (κ3) is 3.38. The van der Waals surface area contributed by atoms with Gasteiger partial charge in [0.15, 0.2) is 0 Å². The Kier molecular flexibility index (Phi) is 4.54. The van der Waals surface area contributed by atoms with E-state index in [4.69, 9.17) is 0 Å². The lowest BCUT2D eigenvalue weighted by atomic mass is 9.76. The SMILES string of the molecule is CC(C)C1(C(=O)O)CCN(C(=O)c2ccc(NC(=O)C3CC3)cc2)C1. The van der Waals surface area contributed by atoms with E-state index in [2.05, 4.69) is 5.32 Å². The second-order valence-electron chi connectivity index (χ2n) is 7.43. The molecule has 1 aliphatic carbocycles. The molecule has 1 aromatic rings. The summed E-state index contributed by atoms with van der Waals surface area (Å²) in [7, 11) is 0. The zero-order chi connectivity index (χ0) is 18.2. The van der Waals surface area contributed by atoms with Gasteiger partial charge < -0.3 is 15.3 Å². The highest BCUT2D eigenvalue weighted by atomic mass is 16.4. The Bertz CT molecular complexity index is 694. The van der Waals surface area contributed by atoms with Crippen LogP contribution in [0.25, 0.3) is 0 Å². The van der Waals surface area contributed by atoms with Crippen molar-refractivity contribution in [1.82, 2.24) is 4.90 Å². The lowest BCUT2D eigenvalue weighted by molar-refractivity contribution is -0.150. The van der Waals surface area contributed by atoms with E-state index in [0.29, 0.717) is 24.2 Å². The summed E-state index contributed by atoms with van der Waals surface area (Å²) >= 11 is 0. The summed E-state index contributed by atoms with van der Waals surface area (Å²) in [6, 6.07) is 6.80. The third-order valence-corrected chi connectivity index (χ3v) is 5.47. The highest BCUT2D eigenvalue weighted by molar-refractivity contribution is 5.97. The van der Waals surface area contributed by atoms with Gasteiger partial charge in [-0.3, -0.25) is 14.4 Å². The van der Waals surface area contributed by atoms with Gasteiger partial charge in [-0.15, -0.1) is 0 Å². The first-order chi connectivity index (χ1) is 11.8. The number of carbonyl (C=O) groups excluding carboxylic acids is 2. The maximum atomic E-state index is 12.7. The van der Waals surface area contributed by atoms with E-state index < -0.39 is 11.4 Å². The molecule has 0 radical (unpaired) electrons. The second-order valence-corrected chi connectivity index (χ2v) is 7.43. The van der Waals surface area contributed by atoms with Gasteiger partial charge in [-0.25, -0.2) is 0 Å². The summed E-state index contributed by atoms with van der Waals surface area (Å²) in [6.07, 6.45) is 2.36. The predicted molar refractivity (Wildman–Crippen MR) is 93.2 cm³/mol. The molecule has 2 fully saturated rings. The van der Waals surface area contributed by atoms with E-state index >= 15 is 0 Å². The molecule has 6 nitrogen and oxygen atoms in total. The number of nitrogens with one attached hydrogen (secondary N) is 1. The van der Waals surface area contributed by atoms with Gasteiger partial charge in [0.25, 0.3) is 5.91 Å². The van der Waals surface area contributed by atoms with E-state index in [-0.39, 0.29) is 30.2 Å². The lowest BCUT2D eigenvalue weighted by Gasteiger charge is -2.28. The molecule has 1 heterocycles. The van der Waals surface area contributed by atoms with Crippen molar-refractivity contribution in [3.8, 4) is 0 Å². The standard InChI is InChI=1S/C19H24N2O4/c1-12(2)19(18(24)25)9-10-21(11-19)17(23)14-5-7-15(8-6-14)20-16(22)13-3-4-13/h5-8,12-13H,3-4,9-11H2,1-2H3,(H,20,22)(H,24,25). The minimum Gasteiger partial charge on any atom is -0.481 e. The molecule has 0 bridgehead atoms. The van der Waals surface area contributed by atoms with Crippen molar-refractivity contribution >= 4 is 23.5 Å². The van der Waals surface area contributed by atoms with Gasteiger partial charge in [-0.05, 0) is 49.4 Å². The third-order valence-electron chi connectivity index (χ3n) is 5.47. The van der Waals surface area contributed by atoms with Gasteiger partial charge in [0.2, 0.25) is 5.91 Å². The van der Waals surface area contributed by atoms with Crippen LogP contribution >= 0.6 is 0 Å². The molecule has 1 saturated carbocycles. The van der Waals surface area contributed by atoms with Crippen LogP contribution in [-0.4, -0.2) is 40.9 Å². The topological polar surface area (TPSA) is 86.7 Å². The number of amides is 2. The Morgan fingerprint density at radius 1 is 1.20 bits per heavy atom. The average Bonchev–Trinajstić information content (AvgIpc) is 3.33. The summed E-state index contributed by atoms with van der Waals surface area (Å²) < 4.78 is 0. The summed E-state index contributed by atoms with van der Waals surface area (Å²) in [5.74, 6) is -0.879. The first-order valence-electron chi connectivity index (χ1n) is 8.77. The summed E-state index contributed by atoms with van der Waals surface area (Å²) in [5.41, 5.74) is 0.319. The molecule has 1 aromatic carbocycles. The predicted octanol–water partition coefficient (Wildman–Crippen LogP) is 2.61. The van der Waals surface area contributed by atoms with Gasteiger partial charge in [-0.2, -0.15) is 0 Å². The van der Waals surface area contributed by atoms with Crippen molar-refractivity contribution < 1.29 is 19.5 Å². The molecule has 2 aliphatic rings. The fourth-order valence-corrected chi connectivity index (χ4v) is 3.37. The molecule has 6 heteroatoms. The first-order valence-corrected chi connectivity index (χ1v) is 8.77. The number of likely N-dealkylation sites (tertiary alicyclic amines) is 1. The number of benzene rings is 1. The molecule has 1 atom stereocenters. The number of rotatable bonds is 5. The quantitative estimate of drug-likeness (QED) is 0.859. The molecule has 3 rings (SSSR count). The molecule has 1 aliphatic heterocycles. The average molecular weight is 344 g/mol. The van der Waals surface area contributed by atoms with Gasteiger partial charge in [0.1, 0.15) is 0 Å². The van der Waals surface area contributed by atoms with Gasteiger partial charge in [-0.1, -0.05) is 13.8 Å². The molecule has 1 unspecified atom stereocenters. The lowest BCUT2D eigenvalue weighted by Crippen LogP contribution is -2.40. The number of carbonyl (C=O) groups is 3. The van der Waals surface area contributed by atoms with Gasteiger partial charge in [0.05, 0.1) is 5.41 Å². The van der Waals surface area contributed by atoms with Crippen LogP contribution in [0.4, 0.5) is 5.69 Å². The highest BCUT2D eigenvalue weighted by Gasteiger charge is 2.48. The largest absolute Gasteiger partial charge is 0.481 e. The monoisotopic (exact) mass is 344 g/mol. The van der Waals surface area contributed by atoms with E-state index in [1.165, 1.54) is 0 Å². The maximum absolute atomic E-state index is 12.7. The molecule has 0 aromatic heterocycles. The van der Waals surface area contributed by atoms with Crippen LogP contribution in [0.2, 0.25) is 0 Å². The van der Waals surface area contributed by atoms with Crippen molar-refractivity contribution in [2.45, 2.75) is 33.1 Å². The Morgan fingerprint density at radius 2 is 1.84 bits per heavy atom. The van der Waals surface area contributed by atoms with Crippen molar-refractivity contribution in [2.75, 3.05) is 18.4 Å². The molecule has 134 valence electrons. The first kappa shape index (κ1) is 17.5. The summed E-state index contributed by atoms with van der Waals surface area (Å²) in [4.78, 5) is 37.8. The van der Waals surface area contributed by atoms with Gasteiger partial charge >= 0.3 is 5.97 Å². The summed E-state index contributed by atoms with van der Waals surface area (Å²) in [5, 5.41) is 12.4.